The molecule has 141 valence electrons. The van der Waals surface area contributed by atoms with Gasteiger partial charge in [0.1, 0.15) is 12.5 Å². The second kappa shape index (κ2) is 6.21. The highest BCUT2D eigenvalue weighted by atomic mass is 19.1. The largest absolute Gasteiger partial charge is 0.360 e. The maximum absolute atomic E-state index is 13.7. The van der Waals surface area contributed by atoms with Gasteiger partial charge in [-0.05, 0) is 59.4 Å². The summed E-state index contributed by atoms with van der Waals surface area (Å²) in [6, 6.07) is 19.3. The minimum atomic E-state index is -0.171. The van der Waals surface area contributed by atoms with Crippen molar-refractivity contribution in [2.24, 2.45) is 0 Å². The molecule has 2 aliphatic heterocycles. The van der Waals surface area contributed by atoms with Crippen molar-refractivity contribution >= 4 is 22.1 Å². The maximum atomic E-state index is 13.7. The average Bonchev–Trinajstić information content (AvgIpc) is 3.31. The first-order valence-corrected chi connectivity index (χ1v) is 10.2. The van der Waals surface area contributed by atoms with Gasteiger partial charge in [-0.15, -0.1) is 0 Å². The third-order valence-electron chi connectivity index (χ3n) is 6.73. The van der Waals surface area contributed by atoms with Gasteiger partial charge in [0.15, 0.2) is 0 Å². The van der Waals surface area contributed by atoms with Gasteiger partial charge < -0.3 is 10.2 Å². The van der Waals surface area contributed by atoms with Crippen LogP contribution in [0.5, 0.6) is 0 Å². The number of benzene rings is 3. The minimum absolute atomic E-state index is 0.171. The van der Waals surface area contributed by atoms with Gasteiger partial charge in [-0.25, -0.2) is 4.39 Å². The molecule has 28 heavy (non-hydrogen) atoms. The Morgan fingerprint density at radius 3 is 2.64 bits per heavy atom. The number of rotatable bonds is 2. The number of nitrogens with zero attached hydrogens (tertiary/aromatic N) is 2. The van der Waals surface area contributed by atoms with Crippen molar-refractivity contribution in [1.29, 1.82) is 0 Å². The zero-order chi connectivity index (χ0) is 18.7. The monoisotopic (exact) mass is 372 g/mol. The maximum Gasteiger partial charge on any atom is 0.139 e. The van der Waals surface area contributed by atoms with E-state index in [0.29, 0.717) is 12.1 Å². The molecular weight excluding hydrogens is 349 g/mol. The van der Waals surface area contributed by atoms with Crippen molar-refractivity contribution in [2.75, 3.05) is 23.3 Å². The van der Waals surface area contributed by atoms with Crippen molar-refractivity contribution in [3.05, 3.63) is 78.2 Å². The number of hydrogen-bond donors (Lipinski definition) is 1. The fourth-order valence-electron chi connectivity index (χ4n) is 5.37. The van der Waals surface area contributed by atoms with Crippen LogP contribution in [0, 0.1) is 12.5 Å². The van der Waals surface area contributed by atoms with Crippen LogP contribution in [0.4, 0.5) is 15.8 Å². The Bertz CT molecular complexity index is 1050. The van der Waals surface area contributed by atoms with Crippen LogP contribution < -0.4 is 10.2 Å². The number of likely N-dealkylation sites (tertiary alicyclic amines) is 1. The molecule has 1 saturated heterocycles. The van der Waals surface area contributed by atoms with Crippen molar-refractivity contribution in [1.82, 2.24) is 4.90 Å². The summed E-state index contributed by atoms with van der Waals surface area (Å²) in [6.07, 6.45) is 3.31. The Morgan fingerprint density at radius 1 is 0.964 bits per heavy atom. The normalized spacial score (nSPS) is 21.9. The lowest BCUT2D eigenvalue weighted by atomic mass is 9.98. The van der Waals surface area contributed by atoms with E-state index in [-0.39, 0.29) is 5.82 Å². The number of piperidine rings is 1. The van der Waals surface area contributed by atoms with E-state index in [1.54, 1.807) is 6.07 Å². The van der Waals surface area contributed by atoms with Gasteiger partial charge in [0, 0.05) is 25.2 Å². The summed E-state index contributed by atoms with van der Waals surface area (Å²) in [5.74, 6) is -0.171. The van der Waals surface area contributed by atoms with Crippen LogP contribution in [0.2, 0.25) is 0 Å². The zero-order valence-corrected chi connectivity index (χ0v) is 15.7. The van der Waals surface area contributed by atoms with Gasteiger partial charge in [0.05, 0.1) is 11.4 Å². The first kappa shape index (κ1) is 16.4. The van der Waals surface area contributed by atoms with Gasteiger partial charge >= 0.3 is 0 Å². The number of fused-ring (bicyclic) bond motifs is 1. The molecule has 0 aromatic heterocycles. The zero-order valence-electron chi connectivity index (χ0n) is 15.7. The number of anilines is 2. The second-order valence-electron chi connectivity index (χ2n) is 8.19. The third-order valence-corrected chi connectivity index (χ3v) is 6.73. The molecule has 3 aromatic carbocycles. The first-order valence-electron chi connectivity index (χ1n) is 10.2. The van der Waals surface area contributed by atoms with E-state index in [1.165, 1.54) is 28.0 Å². The number of hydrogen-bond acceptors (Lipinski definition) is 3. The van der Waals surface area contributed by atoms with E-state index in [2.05, 4.69) is 51.5 Å². The highest BCUT2D eigenvalue weighted by molar-refractivity contribution is 5.91. The van der Waals surface area contributed by atoms with Crippen molar-refractivity contribution in [2.45, 2.75) is 31.3 Å². The van der Waals surface area contributed by atoms with E-state index >= 15 is 0 Å². The lowest BCUT2D eigenvalue weighted by Gasteiger charge is -2.40. The van der Waals surface area contributed by atoms with Crippen LogP contribution in [-0.2, 0) is 6.42 Å². The molecule has 6 rings (SSSR count). The molecule has 2 heterocycles. The number of halogens is 1. The standard InChI is InChI=1S/C24H23FN3/c25-18-7-8-21-23(14-18)28(15-26-21)19-9-11-27(12-10-19)22-13-17-5-1-3-16-4-2-6-20(22)24(16)17/h1-8,14-15,19,22,26H,9-13H2. The van der Waals surface area contributed by atoms with E-state index in [4.69, 9.17) is 0 Å². The highest BCUT2D eigenvalue weighted by Crippen LogP contribution is 2.42. The van der Waals surface area contributed by atoms with E-state index in [9.17, 15) is 4.39 Å². The Balaban J connectivity index is 1.21. The van der Waals surface area contributed by atoms with E-state index in [0.717, 1.165) is 43.7 Å². The summed E-state index contributed by atoms with van der Waals surface area (Å²) in [5.41, 5.74) is 4.95. The Labute approximate surface area is 164 Å². The molecule has 3 aromatic rings. The molecule has 0 amide bonds. The third kappa shape index (κ3) is 2.44. The van der Waals surface area contributed by atoms with Crippen LogP contribution in [0.15, 0.2) is 54.6 Å². The summed E-state index contributed by atoms with van der Waals surface area (Å²) >= 11 is 0. The molecule has 0 bridgehead atoms. The predicted molar refractivity (Wildman–Crippen MR) is 112 cm³/mol. The fourth-order valence-corrected chi connectivity index (χ4v) is 5.37. The van der Waals surface area contributed by atoms with Gasteiger partial charge in [0.2, 0.25) is 0 Å². The molecule has 1 unspecified atom stereocenters. The summed E-state index contributed by atoms with van der Waals surface area (Å²) in [5, 5.41) is 6.12. The number of nitrogens with one attached hydrogen (secondary N) is 1. The quantitative estimate of drug-likeness (QED) is 0.676. The second-order valence-corrected chi connectivity index (χ2v) is 8.19. The Kier molecular flexibility index (Phi) is 3.63. The summed E-state index contributed by atoms with van der Waals surface area (Å²) in [4.78, 5) is 4.89. The van der Waals surface area contributed by atoms with Crippen LogP contribution in [0.1, 0.15) is 30.0 Å². The predicted octanol–water partition coefficient (Wildman–Crippen LogP) is 5.09. The fraction of sp³-hybridized carbons (Fsp3) is 0.292. The van der Waals surface area contributed by atoms with Gasteiger partial charge in [0.25, 0.3) is 0 Å². The van der Waals surface area contributed by atoms with Crippen molar-refractivity contribution in [3.8, 4) is 0 Å². The molecule has 4 heteroatoms. The molecule has 1 atom stereocenters. The Morgan fingerprint density at radius 2 is 1.79 bits per heavy atom. The van der Waals surface area contributed by atoms with Crippen LogP contribution >= 0.6 is 0 Å². The molecule has 0 spiro atoms. The lowest BCUT2D eigenvalue weighted by Crippen LogP contribution is -2.44. The molecular formula is C24H23FN3. The van der Waals surface area contributed by atoms with Crippen molar-refractivity contribution in [3.63, 3.8) is 0 Å². The minimum Gasteiger partial charge on any atom is -0.360 e. The SMILES string of the molecule is Fc1ccc2c(c1)N(C1CCN(C3Cc4cccc5cccc3c45)CC1)[CH]N2. The molecule has 1 fully saturated rings. The molecule has 1 N–H and O–H groups in total. The highest BCUT2D eigenvalue weighted by Gasteiger charge is 2.34. The average molecular weight is 372 g/mol. The van der Waals surface area contributed by atoms with Gasteiger partial charge in [-0.2, -0.15) is 0 Å². The van der Waals surface area contributed by atoms with Crippen LogP contribution in [0.3, 0.4) is 0 Å². The summed E-state index contributed by atoms with van der Waals surface area (Å²) < 4.78 is 13.7. The summed E-state index contributed by atoms with van der Waals surface area (Å²) in [7, 11) is 0. The Hall–Kier alpha value is -2.59. The van der Waals surface area contributed by atoms with Gasteiger partial charge in [-0.3, -0.25) is 4.90 Å². The van der Waals surface area contributed by atoms with Crippen LogP contribution in [0.25, 0.3) is 10.8 Å². The molecule has 3 nitrogen and oxygen atoms in total. The van der Waals surface area contributed by atoms with E-state index in [1.807, 2.05) is 12.7 Å². The molecule has 1 radical (unpaired) electrons. The van der Waals surface area contributed by atoms with Gasteiger partial charge in [-0.1, -0.05) is 36.4 Å². The molecule has 0 saturated carbocycles. The lowest BCUT2D eigenvalue weighted by molar-refractivity contribution is 0.155. The summed E-state index contributed by atoms with van der Waals surface area (Å²) in [6.45, 7) is 4.17. The van der Waals surface area contributed by atoms with Crippen LogP contribution in [-0.4, -0.2) is 24.0 Å². The van der Waals surface area contributed by atoms with E-state index < -0.39 is 0 Å². The topological polar surface area (TPSA) is 18.5 Å². The molecule has 3 aliphatic rings. The first-order chi connectivity index (χ1) is 13.8. The van der Waals surface area contributed by atoms with Crippen molar-refractivity contribution < 1.29 is 4.39 Å². The smallest absolute Gasteiger partial charge is 0.139 e. The molecule has 1 aliphatic carbocycles.